The standard InChI is InChI=1S/C18H22N2O3/c1-18(22-10-11-23-18)13-4-3-9-20(12-13)17(21)15-5-2-6-16-14(15)7-8-19-16/h2,5-8,13,19H,3-4,9-12H2,1H3. The van der Waals surface area contributed by atoms with Crippen molar-refractivity contribution in [3.63, 3.8) is 0 Å². The first-order chi connectivity index (χ1) is 11.2. The molecule has 1 N–H and O–H groups in total. The van der Waals surface area contributed by atoms with Crippen molar-refractivity contribution in [3.8, 4) is 0 Å². The first kappa shape index (κ1) is 14.7. The van der Waals surface area contributed by atoms with Crippen molar-refractivity contribution in [2.75, 3.05) is 26.3 Å². The summed E-state index contributed by atoms with van der Waals surface area (Å²) in [4.78, 5) is 18.1. The lowest BCUT2D eigenvalue weighted by Crippen LogP contribution is -2.48. The molecular formula is C18H22N2O3. The van der Waals surface area contributed by atoms with Crippen LogP contribution in [0.2, 0.25) is 0 Å². The van der Waals surface area contributed by atoms with Gasteiger partial charge in [0.05, 0.1) is 13.2 Å². The molecule has 5 heteroatoms. The van der Waals surface area contributed by atoms with Crippen LogP contribution in [0.15, 0.2) is 30.5 Å². The predicted octanol–water partition coefficient (Wildman–Crippen LogP) is 2.78. The minimum atomic E-state index is -0.543. The summed E-state index contributed by atoms with van der Waals surface area (Å²) >= 11 is 0. The van der Waals surface area contributed by atoms with E-state index in [4.69, 9.17) is 9.47 Å². The number of carbonyl (C=O) groups is 1. The van der Waals surface area contributed by atoms with Gasteiger partial charge in [-0.3, -0.25) is 4.79 Å². The summed E-state index contributed by atoms with van der Waals surface area (Å²) in [6.45, 7) is 4.78. The minimum Gasteiger partial charge on any atom is -0.361 e. The lowest BCUT2D eigenvalue weighted by Gasteiger charge is -2.40. The number of nitrogens with zero attached hydrogens (tertiary/aromatic N) is 1. The van der Waals surface area contributed by atoms with E-state index in [2.05, 4.69) is 4.98 Å². The number of carbonyl (C=O) groups excluding carboxylic acids is 1. The largest absolute Gasteiger partial charge is 0.361 e. The number of nitrogens with one attached hydrogen (secondary N) is 1. The molecule has 2 fully saturated rings. The zero-order chi connectivity index (χ0) is 15.9. The van der Waals surface area contributed by atoms with Gasteiger partial charge in [0.1, 0.15) is 0 Å². The number of fused-ring (bicyclic) bond motifs is 1. The summed E-state index contributed by atoms with van der Waals surface area (Å²) in [5.74, 6) is -0.214. The van der Waals surface area contributed by atoms with E-state index < -0.39 is 5.79 Å². The van der Waals surface area contributed by atoms with Gasteiger partial charge in [-0.15, -0.1) is 0 Å². The molecule has 1 atom stereocenters. The topological polar surface area (TPSA) is 54.6 Å². The summed E-state index contributed by atoms with van der Waals surface area (Å²) < 4.78 is 11.6. The third-order valence-electron chi connectivity index (χ3n) is 5.14. The number of aromatic amines is 1. The van der Waals surface area contributed by atoms with E-state index in [1.807, 2.05) is 42.3 Å². The molecule has 1 aromatic carbocycles. The van der Waals surface area contributed by atoms with Crippen molar-refractivity contribution in [2.24, 2.45) is 5.92 Å². The predicted molar refractivity (Wildman–Crippen MR) is 87.2 cm³/mol. The van der Waals surface area contributed by atoms with Crippen LogP contribution in [0, 0.1) is 5.92 Å². The minimum absolute atomic E-state index is 0.0986. The smallest absolute Gasteiger partial charge is 0.254 e. The second-order valence-electron chi connectivity index (χ2n) is 6.55. The molecule has 2 aliphatic heterocycles. The Kier molecular flexibility index (Phi) is 3.62. The molecular weight excluding hydrogens is 292 g/mol. The Morgan fingerprint density at radius 3 is 2.96 bits per heavy atom. The molecule has 0 spiro atoms. The molecule has 0 aliphatic carbocycles. The van der Waals surface area contributed by atoms with Crippen LogP contribution < -0.4 is 0 Å². The molecule has 2 aliphatic rings. The van der Waals surface area contributed by atoms with Crippen molar-refractivity contribution >= 4 is 16.8 Å². The van der Waals surface area contributed by atoms with Crippen LogP contribution in [0.5, 0.6) is 0 Å². The van der Waals surface area contributed by atoms with Gasteiger partial charge in [-0.2, -0.15) is 0 Å². The molecule has 2 saturated heterocycles. The molecule has 23 heavy (non-hydrogen) atoms. The van der Waals surface area contributed by atoms with Gasteiger partial charge in [0.25, 0.3) is 5.91 Å². The Morgan fingerprint density at radius 2 is 2.13 bits per heavy atom. The van der Waals surface area contributed by atoms with Gasteiger partial charge in [0, 0.05) is 41.7 Å². The number of likely N-dealkylation sites (tertiary alicyclic amines) is 1. The summed E-state index contributed by atoms with van der Waals surface area (Å²) in [6.07, 6.45) is 3.90. The number of hydrogen-bond acceptors (Lipinski definition) is 3. The number of hydrogen-bond donors (Lipinski definition) is 1. The van der Waals surface area contributed by atoms with E-state index in [1.54, 1.807) is 0 Å². The van der Waals surface area contributed by atoms with Crippen LogP contribution in [0.1, 0.15) is 30.1 Å². The number of rotatable bonds is 2. The zero-order valence-electron chi connectivity index (χ0n) is 13.4. The van der Waals surface area contributed by atoms with Crippen LogP contribution in [-0.4, -0.2) is 47.9 Å². The van der Waals surface area contributed by atoms with E-state index in [-0.39, 0.29) is 11.8 Å². The van der Waals surface area contributed by atoms with Crippen molar-refractivity contribution in [2.45, 2.75) is 25.6 Å². The van der Waals surface area contributed by atoms with Crippen molar-refractivity contribution < 1.29 is 14.3 Å². The highest BCUT2D eigenvalue weighted by atomic mass is 16.7. The molecule has 4 rings (SSSR count). The van der Waals surface area contributed by atoms with Crippen LogP contribution in [0.3, 0.4) is 0 Å². The highest BCUT2D eigenvalue weighted by Crippen LogP contribution is 2.34. The van der Waals surface area contributed by atoms with Crippen LogP contribution >= 0.6 is 0 Å². The number of aromatic nitrogens is 1. The molecule has 1 aromatic heterocycles. The van der Waals surface area contributed by atoms with E-state index >= 15 is 0 Å². The molecule has 3 heterocycles. The summed E-state index contributed by atoms with van der Waals surface area (Å²) in [7, 11) is 0. The van der Waals surface area contributed by atoms with Gasteiger partial charge in [-0.25, -0.2) is 0 Å². The molecule has 122 valence electrons. The molecule has 1 unspecified atom stereocenters. The maximum absolute atomic E-state index is 13.0. The number of H-pyrrole nitrogens is 1. The van der Waals surface area contributed by atoms with Gasteiger partial charge < -0.3 is 19.4 Å². The van der Waals surface area contributed by atoms with Crippen LogP contribution in [0.4, 0.5) is 0 Å². The van der Waals surface area contributed by atoms with E-state index in [0.29, 0.717) is 19.8 Å². The Hall–Kier alpha value is -1.85. The highest BCUT2D eigenvalue weighted by Gasteiger charge is 2.42. The molecule has 2 aromatic rings. The first-order valence-electron chi connectivity index (χ1n) is 8.31. The maximum atomic E-state index is 13.0. The molecule has 0 saturated carbocycles. The monoisotopic (exact) mass is 314 g/mol. The van der Waals surface area contributed by atoms with Gasteiger partial charge in [0.15, 0.2) is 5.79 Å². The lowest BCUT2D eigenvalue weighted by atomic mass is 9.90. The van der Waals surface area contributed by atoms with Crippen LogP contribution in [-0.2, 0) is 9.47 Å². The van der Waals surface area contributed by atoms with Crippen molar-refractivity contribution in [1.82, 2.24) is 9.88 Å². The third kappa shape index (κ3) is 2.54. The SMILES string of the molecule is CC1(C2CCCN(C(=O)c3cccc4[nH]ccc34)C2)OCCO1. The van der Waals surface area contributed by atoms with Gasteiger partial charge in [-0.05, 0) is 38.0 Å². The Morgan fingerprint density at radius 1 is 1.30 bits per heavy atom. The third-order valence-corrected chi connectivity index (χ3v) is 5.14. The fourth-order valence-corrected chi connectivity index (χ4v) is 3.80. The van der Waals surface area contributed by atoms with E-state index in [9.17, 15) is 4.79 Å². The van der Waals surface area contributed by atoms with E-state index in [0.717, 1.165) is 35.9 Å². The molecule has 0 bridgehead atoms. The number of piperidine rings is 1. The van der Waals surface area contributed by atoms with Gasteiger partial charge >= 0.3 is 0 Å². The van der Waals surface area contributed by atoms with Gasteiger partial charge in [-0.1, -0.05) is 6.07 Å². The normalized spacial score (nSPS) is 24.2. The average Bonchev–Trinajstić information content (AvgIpc) is 3.23. The molecule has 5 nitrogen and oxygen atoms in total. The first-order valence-corrected chi connectivity index (χ1v) is 8.31. The quantitative estimate of drug-likeness (QED) is 0.927. The maximum Gasteiger partial charge on any atom is 0.254 e. The zero-order valence-corrected chi connectivity index (χ0v) is 13.4. The average molecular weight is 314 g/mol. The van der Waals surface area contributed by atoms with Crippen molar-refractivity contribution in [1.29, 1.82) is 0 Å². The number of benzene rings is 1. The van der Waals surface area contributed by atoms with Crippen molar-refractivity contribution in [3.05, 3.63) is 36.0 Å². The Balaban J connectivity index is 1.57. The molecule has 0 radical (unpaired) electrons. The summed E-state index contributed by atoms with van der Waals surface area (Å²) in [5.41, 5.74) is 1.77. The fraction of sp³-hybridized carbons (Fsp3) is 0.500. The Bertz CT molecular complexity index is 718. The highest BCUT2D eigenvalue weighted by molar-refractivity contribution is 6.06. The van der Waals surface area contributed by atoms with Crippen LogP contribution in [0.25, 0.3) is 10.9 Å². The van der Waals surface area contributed by atoms with Gasteiger partial charge in [0.2, 0.25) is 0 Å². The lowest BCUT2D eigenvalue weighted by molar-refractivity contribution is -0.189. The van der Waals surface area contributed by atoms with E-state index in [1.165, 1.54) is 0 Å². The summed E-state index contributed by atoms with van der Waals surface area (Å²) in [6, 6.07) is 7.80. The fourth-order valence-electron chi connectivity index (χ4n) is 3.80. The summed E-state index contributed by atoms with van der Waals surface area (Å²) in [5, 5.41) is 0.985. The number of amides is 1. The second kappa shape index (κ2) is 5.65. The Labute approximate surface area is 135 Å². The number of ether oxygens (including phenoxy) is 2. The second-order valence-corrected chi connectivity index (χ2v) is 6.55. The molecule has 1 amide bonds.